The first-order valence-corrected chi connectivity index (χ1v) is 7.89. The van der Waals surface area contributed by atoms with E-state index in [1.54, 1.807) is 0 Å². The van der Waals surface area contributed by atoms with Crippen molar-refractivity contribution < 1.29 is 9.53 Å². The molecular formula is C19H22N2O2. The fourth-order valence-electron chi connectivity index (χ4n) is 2.91. The molecule has 0 radical (unpaired) electrons. The van der Waals surface area contributed by atoms with Gasteiger partial charge in [0.05, 0.1) is 6.04 Å². The van der Waals surface area contributed by atoms with E-state index < -0.39 is 6.10 Å². The summed E-state index contributed by atoms with van der Waals surface area (Å²) in [5, 5.41) is 3.03. The van der Waals surface area contributed by atoms with E-state index in [2.05, 4.69) is 22.3 Å². The summed E-state index contributed by atoms with van der Waals surface area (Å²) in [5.41, 5.74) is 2.29. The SMILES string of the molecule is CN(C)[C@H](CNC(=O)[C@@H]1Cc2ccccc2O1)c1ccccc1. The number of amides is 1. The highest BCUT2D eigenvalue weighted by atomic mass is 16.5. The van der Waals surface area contributed by atoms with Crippen molar-refractivity contribution in [3.8, 4) is 5.75 Å². The molecule has 120 valence electrons. The molecule has 3 rings (SSSR count). The van der Waals surface area contributed by atoms with E-state index in [0.717, 1.165) is 11.3 Å². The number of ether oxygens (including phenoxy) is 1. The molecule has 2 atom stereocenters. The van der Waals surface area contributed by atoms with Crippen LogP contribution in [-0.4, -0.2) is 37.6 Å². The van der Waals surface area contributed by atoms with E-state index >= 15 is 0 Å². The van der Waals surface area contributed by atoms with Crippen molar-refractivity contribution in [3.63, 3.8) is 0 Å². The van der Waals surface area contributed by atoms with Crippen LogP contribution in [0.3, 0.4) is 0 Å². The molecular weight excluding hydrogens is 288 g/mol. The predicted octanol–water partition coefficient (Wildman–Crippen LogP) is 2.41. The zero-order chi connectivity index (χ0) is 16.2. The van der Waals surface area contributed by atoms with Crippen LogP contribution in [0.2, 0.25) is 0 Å². The second-order valence-corrected chi connectivity index (χ2v) is 6.05. The average molecular weight is 310 g/mol. The molecule has 1 aliphatic heterocycles. The van der Waals surface area contributed by atoms with Crippen molar-refractivity contribution in [1.82, 2.24) is 10.2 Å². The molecule has 0 fully saturated rings. The molecule has 23 heavy (non-hydrogen) atoms. The third kappa shape index (κ3) is 3.54. The van der Waals surface area contributed by atoms with Crippen LogP contribution in [0.15, 0.2) is 54.6 Å². The van der Waals surface area contributed by atoms with Crippen molar-refractivity contribution in [2.24, 2.45) is 0 Å². The lowest BCUT2D eigenvalue weighted by Crippen LogP contribution is -2.41. The van der Waals surface area contributed by atoms with Gasteiger partial charge < -0.3 is 15.0 Å². The highest BCUT2D eigenvalue weighted by Crippen LogP contribution is 2.28. The first kappa shape index (κ1) is 15.6. The highest BCUT2D eigenvalue weighted by Gasteiger charge is 2.29. The molecule has 0 spiro atoms. The molecule has 0 bridgehead atoms. The average Bonchev–Trinajstić information content (AvgIpc) is 2.99. The van der Waals surface area contributed by atoms with Gasteiger partial charge in [-0.25, -0.2) is 0 Å². The summed E-state index contributed by atoms with van der Waals surface area (Å²) in [6.45, 7) is 0.562. The monoisotopic (exact) mass is 310 g/mol. The maximum Gasteiger partial charge on any atom is 0.261 e. The van der Waals surface area contributed by atoms with Crippen molar-refractivity contribution in [2.75, 3.05) is 20.6 Å². The van der Waals surface area contributed by atoms with E-state index in [4.69, 9.17) is 4.74 Å². The molecule has 0 aromatic heterocycles. The molecule has 1 N–H and O–H groups in total. The Morgan fingerprint density at radius 3 is 2.57 bits per heavy atom. The maximum atomic E-state index is 12.4. The van der Waals surface area contributed by atoms with Crippen LogP contribution in [0.5, 0.6) is 5.75 Å². The topological polar surface area (TPSA) is 41.6 Å². The molecule has 4 heteroatoms. The normalized spacial score (nSPS) is 17.4. The van der Waals surface area contributed by atoms with Gasteiger partial charge >= 0.3 is 0 Å². The molecule has 0 aliphatic carbocycles. The van der Waals surface area contributed by atoms with Crippen molar-refractivity contribution in [2.45, 2.75) is 18.6 Å². The fourth-order valence-corrected chi connectivity index (χ4v) is 2.91. The molecule has 2 aromatic carbocycles. The van der Waals surface area contributed by atoms with Gasteiger partial charge in [-0.3, -0.25) is 4.79 Å². The van der Waals surface area contributed by atoms with Crippen LogP contribution >= 0.6 is 0 Å². The summed E-state index contributed by atoms with van der Waals surface area (Å²) in [6, 6.07) is 18.2. The fraction of sp³-hybridized carbons (Fsp3) is 0.316. The van der Waals surface area contributed by atoms with Gasteiger partial charge in [0.2, 0.25) is 0 Å². The molecule has 0 saturated carbocycles. The molecule has 1 heterocycles. The number of likely N-dealkylation sites (N-methyl/N-ethyl adjacent to an activating group) is 1. The summed E-state index contributed by atoms with van der Waals surface area (Å²) in [5.74, 6) is 0.767. The van der Waals surface area contributed by atoms with Gasteiger partial charge in [0.25, 0.3) is 5.91 Å². The number of nitrogens with zero attached hydrogens (tertiary/aromatic N) is 1. The number of carbonyl (C=O) groups excluding carboxylic acids is 1. The number of fused-ring (bicyclic) bond motifs is 1. The second-order valence-electron chi connectivity index (χ2n) is 6.05. The molecule has 2 aromatic rings. The first-order chi connectivity index (χ1) is 11.1. The van der Waals surface area contributed by atoms with E-state index in [1.165, 1.54) is 5.56 Å². The van der Waals surface area contributed by atoms with E-state index in [0.29, 0.717) is 13.0 Å². The number of rotatable bonds is 5. The number of para-hydroxylation sites is 1. The predicted molar refractivity (Wildman–Crippen MR) is 90.4 cm³/mol. The minimum atomic E-state index is -0.425. The Kier molecular flexibility index (Phi) is 4.63. The number of hydrogen-bond donors (Lipinski definition) is 1. The Morgan fingerprint density at radius 1 is 1.17 bits per heavy atom. The second kappa shape index (κ2) is 6.84. The van der Waals surface area contributed by atoms with Crippen LogP contribution in [0.1, 0.15) is 17.2 Å². The zero-order valence-corrected chi connectivity index (χ0v) is 13.5. The van der Waals surface area contributed by atoms with Gasteiger partial charge in [-0.2, -0.15) is 0 Å². The summed E-state index contributed by atoms with van der Waals surface area (Å²) in [4.78, 5) is 14.5. The van der Waals surface area contributed by atoms with Crippen LogP contribution in [0.4, 0.5) is 0 Å². The number of carbonyl (C=O) groups is 1. The number of hydrogen-bond acceptors (Lipinski definition) is 3. The third-order valence-corrected chi connectivity index (χ3v) is 4.22. The summed E-state index contributed by atoms with van der Waals surface area (Å²) in [7, 11) is 4.04. The first-order valence-electron chi connectivity index (χ1n) is 7.89. The Labute approximate surface area is 137 Å². The van der Waals surface area contributed by atoms with Gasteiger partial charge in [-0.1, -0.05) is 48.5 Å². The van der Waals surface area contributed by atoms with Gasteiger partial charge in [-0.05, 0) is 31.3 Å². The standard InChI is InChI=1S/C19H22N2O2/c1-21(2)16(14-8-4-3-5-9-14)13-20-19(22)18-12-15-10-6-7-11-17(15)23-18/h3-11,16,18H,12-13H2,1-2H3,(H,20,22)/t16-,18+/m1/s1. The quantitative estimate of drug-likeness (QED) is 0.922. The third-order valence-electron chi connectivity index (χ3n) is 4.22. The summed E-state index contributed by atoms with van der Waals surface area (Å²) >= 11 is 0. The lowest BCUT2D eigenvalue weighted by molar-refractivity contribution is -0.127. The Morgan fingerprint density at radius 2 is 1.87 bits per heavy atom. The molecule has 1 aliphatic rings. The molecule has 0 unspecified atom stereocenters. The maximum absolute atomic E-state index is 12.4. The van der Waals surface area contributed by atoms with Crippen LogP contribution in [0.25, 0.3) is 0 Å². The molecule has 4 nitrogen and oxygen atoms in total. The van der Waals surface area contributed by atoms with Gasteiger partial charge in [-0.15, -0.1) is 0 Å². The lowest BCUT2D eigenvalue weighted by Gasteiger charge is -2.25. The van der Waals surface area contributed by atoms with Crippen molar-refractivity contribution >= 4 is 5.91 Å². The number of benzene rings is 2. The van der Waals surface area contributed by atoms with Gasteiger partial charge in [0, 0.05) is 13.0 Å². The zero-order valence-electron chi connectivity index (χ0n) is 13.5. The van der Waals surface area contributed by atoms with E-state index in [1.807, 2.05) is 56.6 Å². The molecule has 1 amide bonds. The van der Waals surface area contributed by atoms with Crippen molar-refractivity contribution in [1.29, 1.82) is 0 Å². The van der Waals surface area contributed by atoms with Crippen LogP contribution in [-0.2, 0) is 11.2 Å². The smallest absolute Gasteiger partial charge is 0.261 e. The Bertz CT molecular complexity index is 645. The van der Waals surface area contributed by atoms with Gasteiger partial charge in [0.1, 0.15) is 5.75 Å². The largest absolute Gasteiger partial charge is 0.480 e. The Balaban J connectivity index is 1.60. The van der Waals surface area contributed by atoms with Crippen molar-refractivity contribution in [3.05, 3.63) is 65.7 Å². The Hall–Kier alpha value is -2.33. The summed E-state index contributed by atoms with van der Waals surface area (Å²) in [6.07, 6.45) is 0.214. The number of nitrogens with one attached hydrogen (secondary N) is 1. The lowest BCUT2D eigenvalue weighted by atomic mass is 10.1. The molecule has 0 saturated heterocycles. The van der Waals surface area contributed by atoms with Gasteiger partial charge in [0.15, 0.2) is 6.10 Å². The summed E-state index contributed by atoms with van der Waals surface area (Å²) < 4.78 is 5.74. The van der Waals surface area contributed by atoms with E-state index in [9.17, 15) is 4.79 Å². The minimum Gasteiger partial charge on any atom is -0.480 e. The van der Waals surface area contributed by atoms with E-state index in [-0.39, 0.29) is 11.9 Å². The van der Waals surface area contributed by atoms with Crippen LogP contribution in [0, 0.1) is 0 Å². The van der Waals surface area contributed by atoms with Crippen LogP contribution < -0.4 is 10.1 Å². The highest BCUT2D eigenvalue weighted by molar-refractivity contribution is 5.82. The minimum absolute atomic E-state index is 0.0519.